The molecule has 0 saturated heterocycles. The van der Waals surface area contributed by atoms with Gasteiger partial charge >= 0.3 is 0 Å². The van der Waals surface area contributed by atoms with Gasteiger partial charge in [-0.05, 0) is 43.9 Å². The number of carbonyl (C=O) groups excluding carboxylic acids is 1. The van der Waals surface area contributed by atoms with Crippen LogP contribution in [0.4, 0.5) is 0 Å². The summed E-state index contributed by atoms with van der Waals surface area (Å²) >= 11 is 1.31. The Morgan fingerprint density at radius 3 is 3.00 bits per heavy atom. The van der Waals surface area contributed by atoms with E-state index in [2.05, 4.69) is 32.4 Å². The first-order valence-electron chi connectivity index (χ1n) is 9.85. The zero-order chi connectivity index (χ0) is 19.5. The summed E-state index contributed by atoms with van der Waals surface area (Å²) in [6.45, 7) is 4.78. The molecule has 8 heteroatoms. The van der Waals surface area contributed by atoms with E-state index < -0.39 is 0 Å². The van der Waals surface area contributed by atoms with Crippen LogP contribution >= 0.6 is 11.8 Å². The van der Waals surface area contributed by atoms with Gasteiger partial charge in [-0.1, -0.05) is 31.5 Å². The third-order valence-corrected chi connectivity index (χ3v) is 6.11. The number of hydrogen-bond acceptors (Lipinski definition) is 6. The first kappa shape index (κ1) is 19.0. The van der Waals surface area contributed by atoms with Gasteiger partial charge in [0.05, 0.1) is 12.4 Å². The number of aromatic amines is 1. The highest BCUT2D eigenvalue weighted by molar-refractivity contribution is 7.99. The minimum atomic E-state index is 0.0328. The molecule has 1 amide bonds. The molecule has 1 aliphatic rings. The molecule has 1 aliphatic carbocycles. The molecule has 1 saturated carbocycles. The topological polar surface area (TPSA) is 92.8 Å². The Balaban J connectivity index is 1.44. The van der Waals surface area contributed by atoms with Crippen LogP contribution in [-0.4, -0.2) is 44.5 Å². The van der Waals surface area contributed by atoms with Crippen molar-refractivity contribution < 1.29 is 9.53 Å². The lowest BCUT2D eigenvalue weighted by molar-refractivity contribution is -0.119. The molecule has 28 heavy (non-hydrogen) atoms. The fourth-order valence-corrected chi connectivity index (χ4v) is 4.36. The number of benzene rings is 1. The van der Waals surface area contributed by atoms with E-state index in [0.29, 0.717) is 34.6 Å². The molecular weight excluding hydrogens is 374 g/mol. The molecule has 0 unspecified atom stereocenters. The number of rotatable bonds is 6. The number of nitrogens with zero attached hydrogens (tertiary/aromatic N) is 3. The first-order valence-corrected chi connectivity index (χ1v) is 10.8. The van der Waals surface area contributed by atoms with Crippen LogP contribution in [0.5, 0.6) is 5.75 Å². The third kappa shape index (κ3) is 4.06. The van der Waals surface area contributed by atoms with Crippen molar-refractivity contribution in [2.75, 3.05) is 12.4 Å². The monoisotopic (exact) mass is 399 g/mol. The number of nitrogens with one attached hydrogen (secondary N) is 2. The predicted molar refractivity (Wildman–Crippen MR) is 111 cm³/mol. The zero-order valence-electron chi connectivity index (χ0n) is 16.2. The maximum absolute atomic E-state index is 12.3. The predicted octanol–water partition coefficient (Wildman–Crippen LogP) is 3.69. The van der Waals surface area contributed by atoms with E-state index in [1.54, 1.807) is 0 Å². The van der Waals surface area contributed by atoms with Crippen LogP contribution in [0.2, 0.25) is 0 Å². The van der Waals surface area contributed by atoms with Crippen LogP contribution in [0.1, 0.15) is 39.5 Å². The van der Waals surface area contributed by atoms with Gasteiger partial charge in [0, 0.05) is 16.9 Å². The number of amides is 1. The SMILES string of the molecule is CCOc1ccc2[nH]c3nc(SCC(=O)N[C@@H]4CCCC[C@@H]4C)nnc3c2c1. The Labute approximate surface area is 168 Å². The Bertz CT molecular complexity index is 989. The van der Waals surface area contributed by atoms with E-state index in [-0.39, 0.29) is 11.9 Å². The summed E-state index contributed by atoms with van der Waals surface area (Å²) in [6.07, 6.45) is 4.71. The van der Waals surface area contributed by atoms with Crippen molar-refractivity contribution in [3.05, 3.63) is 18.2 Å². The standard InChI is InChI=1S/C20H25N5O2S/c1-3-27-13-8-9-16-14(10-13)18-19(22-16)23-20(25-24-18)28-11-17(26)21-15-7-5-4-6-12(15)2/h8-10,12,15H,3-7,11H2,1-2H3,(H,21,26)(H,22,23,25)/t12-,15+/m0/s1. The molecule has 0 spiro atoms. The highest BCUT2D eigenvalue weighted by Gasteiger charge is 2.23. The summed E-state index contributed by atoms with van der Waals surface area (Å²) in [4.78, 5) is 20.1. The molecule has 7 nitrogen and oxygen atoms in total. The number of aromatic nitrogens is 4. The maximum Gasteiger partial charge on any atom is 0.230 e. The van der Waals surface area contributed by atoms with Crippen molar-refractivity contribution in [1.29, 1.82) is 0 Å². The summed E-state index contributed by atoms with van der Waals surface area (Å²) < 4.78 is 5.56. The minimum Gasteiger partial charge on any atom is -0.494 e. The number of thioether (sulfide) groups is 1. The molecule has 2 N–H and O–H groups in total. The number of ether oxygens (including phenoxy) is 1. The lowest BCUT2D eigenvalue weighted by Gasteiger charge is -2.29. The van der Waals surface area contributed by atoms with Gasteiger partial charge < -0.3 is 15.0 Å². The normalized spacial score (nSPS) is 19.8. The van der Waals surface area contributed by atoms with E-state index in [0.717, 1.165) is 23.1 Å². The molecule has 4 rings (SSSR count). The smallest absolute Gasteiger partial charge is 0.230 e. The molecule has 2 heterocycles. The second kappa shape index (κ2) is 8.34. The van der Waals surface area contributed by atoms with Crippen molar-refractivity contribution in [2.24, 2.45) is 5.92 Å². The van der Waals surface area contributed by atoms with Crippen LogP contribution in [0.15, 0.2) is 23.4 Å². The van der Waals surface area contributed by atoms with Crippen molar-refractivity contribution in [2.45, 2.75) is 50.7 Å². The number of carbonyl (C=O) groups is 1. The highest BCUT2D eigenvalue weighted by Crippen LogP contribution is 2.27. The third-order valence-electron chi connectivity index (χ3n) is 5.27. The van der Waals surface area contributed by atoms with E-state index in [1.807, 2.05) is 25.1 Å². The summed E-state index contributed by atoms with van der Waals surface area (Å²) in [5, 5.41) is 13.1. The van der Waals surface area contributed by atoms with Crippen LogP contribution in [0.25, 0.3) is 22.1 Å². The molecule has 3 aromatic rings. The average Bonchev–Trinajstić information content (AvgIpc) is 3.05. The summed E-state index contributed by atoms with van der Waals surface area (Å²) in [6, 6.07) is 6.10. The zero-order valence-corrected chi connectivity index (χ0v) is 17.0. The second-order valence-electron chi connectivity index (χ2n) is 7.28. The van der Waals surface area contributed by atoms with E-state index in [1.165, 1.54) is 31.0 Å². The maximum atomic E-state index is 12.3. The second-order valence-corrected chi connectivity index (χ2v) is 8.22. The first-order chi connectivity index (χ1) is 13.6. The molecule has 2 aromatic heterocycles. The van der Waals surface area contributed by atoms with Crippen molar-refractivity contribution in [1.82, 2.24) is 25.5 Å². The minimum absolute atomic E-state index is 0.0328. The quantitative estimate of drug-likeness (QED) is 0.614. The van der Waals surface area contributed by atoms with Gasteiger partial charge in [0.15, 0.2) is 5.65 Å². The van der Waals surface area contributed by atoms with Gasteiger partial charge in [0.1, 0.15) is 11.3 Å². The lowest BCUT2D eigenvalue weighted by Crippen LogP contribution is -2.41. The average molecular weight is 400 g/mol. The fraction of sp³-hybridized carbons (Fsp3) is 0.500. The molecule has 0 bridgehead atoms. The van der Waals surface area contributed by atoms with E-state index >= 15 is 0 Å². The van der Waals surface area contributed by atoms with Crippen molar-refractivity contribution in [3.8, 4) is 5.75 Å². The summed E-state index contributed by atoms with van der Waals surface area (Å²) in [5.41, 5.74) is 2.32. The molecule has 1 aromatic carbocycles. The molecule has 1 fully saturated rings. The lowest BCUT2D eigenvalue weighted by atomic mass is 9.86. The Morgan fingerprint density at radius 1 is 1.32 bits per heavy atom. The van der Waals surface area contributed by atoms with Crippen molar-refractivity contribution in [3.63, 3.8) is 0 Å². The fourth-order valence-electron chi connectivity index (χ4n) is 3.76. The van der Waals surface area contributed by atoms with Gasteiger partial charge in [-0.3, -0.25) is 4.79 Å². The van der Waals surface area contributed by atoms with Gasteiger partial charge in [-0.25, -0.2) is 4.98 Å². The Kier molecular flexibility index (Phi) is 5.66. The van der Waals surface area contributed by atoms with Crippen LogP contribution < -0.4 is 10.1 Å². The van der Waals surface area contributed by atoms with Gasteiger partial charge in [0.2, 0.25) is 11.1 Å². The summed E-state index contributed by atoms with van der Waals surface area (Å²) in [7, 11) is 0. The Morgan fingerprint density at radius 2 is 2.18 bits per heavy atom. The number of fused-ring (bicyclic) bond motifs is 3. The number of H-pyrrole nitrogens is 1. The van der Waals surface area contributed by atoms with E-state index in [4.69, 9.17) is 4.74 Å². The molecule has 0 radical (unpaired) electrons. The molecular formula is C20H25N5O2S. The molecule has 148 valence electrons. The largest absolute Gasteiger partial charge is 0.494 e. The van der Waals surface area contributed by atoms with E-state index in [9.17, 15) is 4.79 Å². The van der Waals surface area contributed by atoms with Gasteiger partial charge in [0.25, 0.3) is 0 Å². The van der Waals surface area contributed by atoms with Gasteiger partial charge in [-0.15, -0.1) is 10.2 Å². The summed E-state index contributed by atoms with van der Waals surface area (Å²) in [5.74, 6) is 1.67. The number of hydrogen-bond donors (Lipinski definition) is 2. The van der Waals surface area contributed by atoms with Crippen molar-refractivity contribution >= 4 is 39.7 Å². The molecule has 0 aliphatic heterocycles. The van der Waals surface area contributed by atoms with Crippen LogP contribution in [-0.2, 0) is 4.79 Å². The highest BCUT2D eigenvalue weighted by atomic mass is 32.2. The van der Waals surface area contributed by atoms with Crippen LogP contribution in [0.3, 0.4) is 0 Å². The van der Waals surface area contributed by atoms with Crippen LogP contribution in [0, 0.1) is 5.92 Å². The van der Waals surface area contributed by atoms with Gasteiger partial charge in [-0.2, -0.15) is 0 Å². The molecule has 2 atom stereocenters. The Hall–Kier alpha value is -2.35.